The molecule has 0 saturated carbocycles. The van der Waals surface area contributed by atoms with Crippen LogP contribution in [0.25, 0.3) is 0 Å². The molecule has 39 heavy (non-hydrogen) atoms. The van der Waals surface area contributed by atoms with Gasteiger partial charge in [0, 0.05) is 45.3 Å². The molecule has 4 rings (SSSR count). The Bertz CT molecular complexity index is 1110. The normalized spacial score (nSPS) is 21.3. The van der Waals surface area contributed by atoms with Gasteiger partial charge in [0.1, 0.15) is 5.82 Å². The maximum atomic E-state index is 13.6. The lowest BCUT2D eigenvalue weighted by molar-refractivity contribution is -0.143. The smallest absolute Gasteiger partial charge is 0.322 e. The number of urea groups is 1. The molecule has 2 heterocycles. The first-order valence-corrected chi connectivity index (χ1v) is 12.7. The lowest BCUT2D eigenvalue weighted by atomic mass is 9.93. The van der Waals surface area contributed by atoms with Gasteiger partial charge in [-0.1, -0.05) is 12.1 Å². The molecule has 2 saturated heterocycles. The summed E-state index contributed by atoms with van der Waals surface area (Å²) in [6.45, 7) is 3.70. The van der Waals surface area contributed by atoms with Crippen LogP contribution in [0.15, 0.2) is 42.5 Å². The summed E-state index contributed by atoms with van der Waals surface area (Å²) in [5.74, 6) is -0.163. The number of piperidine rings is 1. The fraction of sp³-hybridized carbons (Fsp3) is 0.519. The Morgan fingerprint density at radius 1 is 0.923 bits per heavy atom. The van der Waals surface area contributed by atoms with E-state index in [2.05, 4.69) is 10.2 Å². The Kier molecular flexibility index (Phi) is 8.46. The average molecular weight is 561 g/mol. The van der Waals surface area contributed by atoms with Crippen molar-refractivity contribution in [1.29, 1.82) is 0 Å². The zero-order valence-electron chi connectivity index (χ0n) is 21.6. The first-order chi connectivity index (χ1) is 18.2. The molecule has 0 radical (unpaired) electrons. The summed E-state index contributed by atoms with van der Waals surface area (Å²) in [6, 6.07) is 5.88. The van der Waals surface area contributed by atoms with Crippen LogP contribution in [0.4, 0.5) is 41.2 Å². The number of anilines is 1. The molecule has 214 valence electrons. The molecular weight excluding hydrogens is 529 g/mol. The molecule has 1 N–H and O–H groups in total. The monoisotopic (exact) mass is 560 g/mol. The molecule has 2 aromatic rings. The first kappa shape index (κ1) is 29.1. The van der Waals surface area contributed by atoms with Crippen molar-refractivity contribution in [3.63, 3.8) is 0 Å². The molecule has 0 bridgehead atoms. The highest BCUT2D eigenvalue weighted by Crippen LogP contribution is 2.39. The molecule has 2 atom stereocenters. The van der Waals surface area contributed by atoms with Gasteiger partial charge in [-0.25, -0.2) is 9.18 Å². The molecule has 0 spiro atoms. The van der Waals surface area contributed by atoms with Crippen molar-refractivity contribution in [2.24, 2.45) is 5.92 Å². The van der Waals surface area contributed by atoms with Crippen LogP contribution in [-0.2, 0) is 12.4 Å². The van der Waals surface area contributed by atoms with E-state index in [4.69, 9.17) is 0 Å². The van der Waals surface area contributed by atoms with Crippen LogP contribution in [-0.4, -0.2) is 68.7 Å². The molecule has 2 aromatic carbocycles. The third kappa shape index (κ3) is 6.84. The fourth-order valence-corrected chi connectivity index (χ4v) is 5.50. The van der Waals surface area contributed by atoms with Crippen LogP contribution in [0.3, 0.4) is 0 Å². The molecule has 0 aromatic heterocycles. The maximum absolute atomic E-state index is 13.6. The number of alkyl halides is 6. The number of amides is 2. The summed E-state index contributed by atoms with van der Waals surface area (Å²) < 4.78 is 94.0. The standard InChI is InChI=1S/C27H31F7N4O/c1-36(22-12-19(26(29,30)31)11-20(13-22)27(32,33)34)25(39)37(2)24-16-38(14-17-7-9-35-10-8-17)15-23(24)18-3-5-21(28)6-4-18/h3-6,11-13,17,23-24,35H,7-10,14-16H2,1-2H3/t23-,24+/m0/s1. The van der Waals surface area contributed by atoms with E-state index in [9.17, 15) is 35.5 Å². The van der Waals surface area contributed by atoms with E-state index < -0.39 is 47.1 Å². The van der Waals surface area contributed by atoms with Gasteiger partial charge in [-0.3, -0.25) is 4.90 Å². The van der Waals surface area contributed by atoms with Crippen molar-refractivity contribution in [2.75, 3.05) is 51.7 Å². The number of hydrogen-bond acceptors (Lipinski definition) is 3. The average Bonchev–Trinajstić information content (AvgIpc) is 3.30. The van der Waals surface area contributed by atoms with Gasteiger partial charge in [0.05, 0.1) is 17.2 Å². The number of benzene rings is 2. The van der Waals surface area contributed by atoms with Crippen LogP contribution in [0.2, 0.25) is 0 Å². The van der Waals surface area contributed by atoms with Crippen LogP contribution in [0.1, 0.15) is 35.4 Å². The summed E-state index contributed by atoms with van der Waals surface area (Å²) in [7, 11) is 2.65. The number of nitrogens with zero attached hydrogens (tertiary/aromatic N) is 3. The second-order valence-electron chi connectivity index (χ2n) is 10.4. The molecule has 5 nitrogen and oxygen atoms in total. The second kappa shape index (κ2) is 11.3. The number of hydrogen-bond donors (Lipinski definition) is 1. The van der Waals surface area contributed by atoms with Crippen molar-refractivity contribution in [3.8, 4) is 0 Å². The molecule has 2 fully saturated rings. The summed E-state index contributed by atoms with van der Waals surface area (Å²) in [4.78, 5) is 17.9. The van der Waals surface area contributed by atoms with Crippen molar-refractivity contribution < 1.29 is 35.5 Å². The van der Waals surface area contributed by atoms with Crippen LogP contribution >= 0.6 is 0 Å². The fourth-order valence-electron chi connectivity index (χ4n) is 5.50. The summed E-state index contributed by atoms with van der Waals surface area (Å²) in [5.41, 5.74) is -2.70. The quantitative estimate of drug-likeness (QED) is 0.469. The highest BCUT2D eigenvalue weighted by molar-refractivity contribution is 5.92. The molecule has 12 heteroatoms. The Morgan fingerprint density at radius 3 is 2.03 bits per heavy atom. The van der Waals surface area contributed by atoms with Gasteiger partial charge in [0.2, 0.25) is 0 Å². The first-order valence-electron chi connectivity index (χ1n) is 12.7. The second-order valence-corrected chi connectivity index (χ2v) is 10.4. The Labute approximate surface area is 222 Å². The predicted molar refractivity (Wildman–Crippen MR) is 133 cm³/mol. The van der Waals surface area contributed by atoms with Gasteiger partial charge in [0.25, 0.3) is 0 Å². The highest BCUT2D eigenvalue weighted by Gasteiger charge is 2.41. The molecular formula is C27H31F7N4O. The van der Waals surface area contributed by atoms with Gasteiger partial charge >= 0.3 is 18.4 Å². The third-order valence-electron chi connectivity index (χ3n) is 7.68. The minimum atomic E-state index is -5.03. The summed E-state index contributed by atoms with van der Waals surface area (Å²) in [5, 5.41) is 3.32. The van der Waals surface area contributed by atoms with Crippen molar-refractivity contribution >= 4 is 11.7 Å². The molecule has 0 aliphatic carbocycles. The number of carbonyl (C=O) groups excluding carboxylic acids is 1. The zero-order chi connectivity index (χ0) is 28.5. The topological polar surface area (TPSA) is 38.8 Å². The largest absolute Gasteiger partial charge is 0.416 e. The number of nitrogens with one attached hydrogen (secondary N) is 1. The number of halogens is 7. The van der Waals surface area contributed by atoms with Gasteiger partial charge < -0.3 is 15.1 Å². The summed E-state index contributed by atoms with van der Waals surface area (Å²) in [6.07, 6.45) is -8.03. The van der Waals surface area contributed by atoms with E-state index >= 15 is 0 Å². The zero-order valence-corrected chi connectivity index (χ0v) is 21.6. The van der Waals surface area contributed by atoms with Gasteiger partial charge in [0.15, 0.2) is 0 Å². The van der Waals surface area contributed by atoms with E-state index in [0.717, 1.165) is 50.0 Å². The SMILES string of the molecule is CN(C(=O)N(C)[C@@H]1CN(CC2CCNCC2)C[C@H]1c1ccc(F)cc1)c1cc(C(F)(F)F)cc(C(F)(F)F)c1. The van der Waals surface area contributed by atoms with E-state index in [1.165, 1.54) is 24.1 Å². The van der Waals surface area contributed by atoms with E-state index in [-0.39, 0.29) is 12.0 Å². The summed E-state index contributed by atoms with van der Waals surface area (Å²) >= 11 is 0. The van der Waals surface area contributed by atoms with Gasteiger partial charge in [-0.15, -0.1) is 0 Å². The number of carbonyl (C=O) groups is 1. The number of likely N-dealkylation sites (tertiary alicyclic amines) is 1. The third-order valence-corrected chi connectivity index (χ3v) is 7.68. The van der Waals surface area contributed by atoms with E-state index in [1.54, 1.807) is 12.1 Å². The lowest BCUT2D eigenvalue weighted by Gasteiger charge is -2.33. The lowest BCUT2D eigenvalue weighted by Crippen LogP contribution is -2.47. The van der Waals surface area contributed by atoms with Crippen molar-refractivity contribution in [1.82, 2.24) is 15.1 Å². The highest BCUT2D eigenvalue weighted by atomic mass is 19.4. The molecule has 2 amide bonds. The van der Waals surface area contributed by atoms with Crippen LogP contribution in [0.5, 0.6) is 0 Å². The van der Waals surface area contributed by atoms with Crippen molar-refractivity contribution in [3.05, 3.63) is 65.0 Å². The molecule has 2 aliphatic rings. The minimum Gasteiger partial charge on any atom is -0.322 e. The maximum Gasteiger partial charge on any atom is 0.416 e. The predicted octanol–water partition coefficient (Wildman–Crippen LogP) is 5.82. The van der Waals surface area contributed by atoms with E-state index in [1.807, 2.05) is 0 Å². The number of rotatable bonds is 5. The Morgan fingerprint density at radius 2 is 1.49 bits per heavy atom. The van der Waals surface area contributed by atoms with Gasteiger partial charge in [-0.2, -0.15) is 26.3 Å². The molecule has 0 unspecified atom stereocenters. The van der Waals surface area contributed by atoms with Crippen LogP contribution in [0, 0.1) is 11.7 Å². The Balaban J connectivity index is 1.60. The van der Waals surface area contributed by atoms with Crippen LogP contribution < -0.4 is 10.2 Å². The van der Waals surface area contributed by atoms with E-state index in [0.29, 0.717) is 31.1 Å². The van der Waals surface area contributed by atoms with Crippen molar-refractivity contribution in [2.45, 2.75) is 37.2 Å². The van der Waals surface area contributed by atoms with Gasteiger partial charge in [-0.05, 0) is 67.7 Å². The number of likely N-dealkylation sites (N-methyl/N-ethyl adjacent to an activating group) is 1. The molecule has 2 aliphatic heterocycles. The minimum absolute atomic E-state index is 0.0335. The Hall–Kier alpha value is -2.86.